The van der Waals surface area contributed by atoms with Gasteiger partial charge in [-0.25, -0.2) is 0 Å². The lowest BCUT2D eigenvalue weighted by molar-refractivity contribution is 0.187. The zero-order chi connectivity index (χ0) is 10.4. The Morgan fingerprint density at radius 2 is 2.07 bits per heavy atom. The van der Waals surface area contributed by atoms with E-state index in [1.54, 1.807) is 7.11 Å². The third-order valence-corrected chi connectivity index (χ3v) is 2.91. The predicted molar refractivity (Wildman–Crippen MR) is 61.6 cm³/mol. The molecule has 80 valence electrons. The Morgan fingerprint density at radius 3 is 2.71 bits per heavy atom. The average Bonchev–Trinajstić information content (AvgIpc) is 2.53. The van der Waals surface area contributed by atoms with E-state index in [0.29, 0.717) is 5.92 Å². The fourth-order valence-electron chi connectivity index (χ4n) is 1.22. The van der Waals surface area contributed by atoms with Crippen molar-refractivity contribution in [2.75, 3.05) is 13.7 Å². The second-order valence-corrected chi connectivity index (χ2v) is 5.08. The number of hydrogen-bond acceptors (Lipinski definition) is 3. The van der Waals surface area contributed by atoms with Gasteiger partial charge in [-0.1, -0.05) is 13.8 Å². The second-order valence-electron chi connectivity index (χ2n) is 3.83. The summed E-state index contributed by atoms with van der Waals surface area (Å²) in [6.45, 7) is 7.23. The van der Waals surface area contributed by atoms with E-state index < -0.39 is 0 Å². The highest BCUT2D eigenvalue weighted by molar-refractivity contribution is 7.11. The van der Waals surface area contributed by atoms with Crippen LogP contribution in [0.3, 0.4) is 0 Å². The van der Waals surface area contributed by atoms with Crippen molar-refractivity contribution in [2.45, 2.75) is 27.0 Å². The van der Waals surface area contributed by atoms with Gasteiger partial charge in [0.05, 0.1) is 6.61 Å². The van der Waals surface area contributed by atoms with Crippen molar-refractivity contribution in [3.8, 4) is 0 Å². The van der Waals surface area contributed by atoms with Crippen LogP contribution in [0.15, 0.2) is 12.1 Å². The maximum absolute atomic E-state index is 5.07. The monoisotopic (exact) mass is 213 g/mol. The highest BCUT2D eigenvalue weighted by Crippen LogP contribution is 2.16. The molecule has 0 spiro atoms. The minimum absolute atomic E-state index is 0.716. The van der Waals surface area contributed by atoms with Gasteiger partial charge in [-0.3, -0.25) is 0 Å². The van der Waals surface area contributed by atoms with Crippen LogP contribution in [0.4, 0.5) is 0 Å². The Hall–Kier alpha value is -0.380. The van der Waals surface area contributed by atoms with Crippen LogP contribution in [-0.4, -0.2) is 13.7 Å². The normalized spacial score (nSPS) is 11.1. The Morgan fingerprint density at radius 1 is 1.36 bits per heavy atom. The molecular weight excluding hydrogens is 194 g/mol. The van der Waals surface area contributed by atoms with Gasteiger partial charge in [0.1, 0.15) is 0 Å². The summed E-state index contributed by atoms with van der Waals surface area (Å²) in [5.41, 5.74) is 0. The smallest absolute Gasteiger partial charge is 0.0805 e. The van der Waals surface area contributed by atoms with E-state index in [0.717, 1.165) is 19.7 Å². The maximum atomic E-state index is 5.07. The fourth-order valence-corrected chi connectivity index (χ4v) is 2.18. The molecule has 1 rings (SSSR count). The van der Waals surface area contributed by atoms with Crippen molar-refractivity contribution >= 4 is 11.3 Å². The van der Waals surface area contributed by atoms with Crippen LogP contribution in [0, 0.1) is 5.92 Å². The lowest BCUT2D eigenvalue weighted by Crippen LogP contribution is -2.18. The predicted octanol–water partition coefficient (Wildman–Crippen LogP) is 2.64. The summed E-state index contributed by atoms with van der Waals surface area (Å²) in [6, 6.07) is 4.31. The molecule has 0 aliphatic carbocycles. The fraction of sp³-hybridized carbons (Fsp3) is 0.636. The molecule has 0 saturated heterocycles. The summed E-state index contributed by atoms with van der Waals surface area (Å²) < 4.78 is 5.07. The molecule has 0 radical (unpaired) electrons. The molecule has 1 N–H and O–H groups in total. The van der Waals surface area contributed by atoms with Gasteiger partial charge < -0.3 is 10.1 Å². The molecule has 2 nitrogen and oxygen atoms in total. The number of nitrogens with one attached hydrogen (secondary N) is 1. The third kappa shape index (κ3) is 4.22. The lowest BCUT2D eigenvalue weighted by Gasteiger charge is -2.05. The van der Waals surface area contributed by atoms with Crippen LogP contribution >= 0.6 is 11.3 Å². The van der Waals surface area contributed by atoms with Gasteiger partial charge in [-0.2, -0.15) is 0 Å². The molecule has 0 fully saturated rings. The Balaban J connectivity index is 2.28. The van der Waals surface area contributed by atoms with Crippen LogP contribution in [0.2, 0.25) is 0 Å². The minimum Gasteiger partial charge on any atom is -0.379 e. The zero-order valence-electron chi connectivity index (χ0n) is 9.17. The minimum atomic E-state index is 0.716. The van der Waals surface area contributed by atoms with Crippen molar-refractivity contribution in [3.05, 3.63) is 21.9 Å². The lowest BCUT2D eigenvalue weighted by atomic mass is 10.2. The summed E-state index contributed by atoms with van der Waals surface area (Å²) in [7, 11) is 1.73. The van der Waals surface area contributed by atoms with Gasteiger partial charge in [0, 0.05) is 23.4 Å². The molecule has 0 unspecified atom stereocenters. The van der Waals surface area contributed by atoms with Crippen LogP contribution < -0.4 is 5.32 Å². The van der Waals surface area contributed by atoms with Gasteiger partial charge in [-0.15, -0.1) is 11.3 Å². The van der Waals surface area contributed by atoms with Crippen LogP contribution in [0.25, 0.3) is 0 Å². The van der Waals surface area contributed by atoms with Crippen molar-refractivity contribution in [2.24, 2.45) is 5.92 Å². The average molecular weight is 213 g/mol. The van der Waals surface area contributed by atoms with E-state index in [-0.39, 0.29) is 0 Å². The number of methoxy groups -OCH3 is 1. The first kappa shape index (κ1) is 11.7. The largest absolute Gasteiger partial charge is 0.379 e. The molecule has 3 heteroatoms. The molecule has 1 aromatic rings. The number of ether oxygens (including phenoxy) is 1. The second kappa shape index (κ2) is 6.17. The highest BCUT2D eigenvalue weighted by Gasteiger charge is 1.99. The number of thiophene rings is 1. The van der Waals surface area contributed by atoms with Gasteiger partial charge in [0.2, 0.25) is 0 Å². The van der Waals surface area contributed by atoms with Crippen LogP contribution in [0.5, 0.6) is 0 Å². The quantitative estimate of drug-likeness (QED) is 0.784. The molecule has 0 amide bonds. The Kier molecular flexibility index (Phi) is 5.15. The van der Waals surface area contributed by atoms with Crippen molar-refractivity contribution in [1.82, 2.24) is 5.32 Å². The molecule has 0 aliphatic rings. The van der Waals surface area contributed by atoms with Crippen LogP contribution in [0.1, 0.15) is 23.6 Å². The van der Waals surface area contributed by atoms with E-state index in [1.807, 2.05) is 11.3 Å². The van der Waals surface area contributed by atoms with E-state index in [4.69, 9.17) is 4.74 Å². The first-order chi connectivity index (χ1) is 6.72. The van der Waals surface area contributed by atoms with Gasteiger partial charge >= 0.3 is 0 Å². The van der Waals surface area contributed by atoms with E-state index in [1.165, 1.54) is 9.75 Å². The van der Waals surface area contributed by atoms with Gasteiger partial charge in [-0.05, 0) is 24.6 Å². The summed E-state index contributed by atoms with van der Waals surface area (Å²) in [5.74, 6) is 0.716. The SMILES string of the molecule is COCc1ccc(CNCC(C)C)s1. The topological polar surface area (TPSA) is 21.3 Å². The first-order valence-electron chi connectivity index (χ1n) is 4.99. The third-order valence-electron chi connectivity index (χ3n) is 1.86. The summed E-state index contributed by atoms with van der Waals surface area (Å²) in [5, 5.41) is 3.43. The molecule has 1 aromatic heterocycles. The van der Waals surface area contributed by atoms with E-state index >= 15 is 0 Å². The van der Waals surface area contributed by atoms with E-state index in [9.17, 15) is 0 Å². The molecule has 0 aliphatic heterocycles. The van der Waals surface area contributed by atoms with Gasteiger partial charge in [0.15, 0.2) is 0 Å². The molecule has 0 aromatic carbocycles. The Bertz CT molecular complexity index is 258. The number of hydrogen-bond donors (Lipinski definition) is 1. The maximum Gasteiger partial charge on any atom is 0.0805 e. The van der Waals surface area contributed by atoms with Crippen molar-refractivity contribution in [1.29, 1.82) is 0 Å². The molecular formula is C11H19NOS. The molecule has 0 atom stereocenters. The summed E-state index contributed by atoms with van der Waals surface area (Å²) in [4.78, 5) is 2.69. The Labute approximate surface area is 90.3 Å². The van der Waals surface area contributed by atoms with Crippen molar-refractivity contribution < 1.29 is 4.74 Å². The molecule has 14 heavy (non-hydrogen) atoms. The standard InChI is InChI=1S/C11H19NOS/c1-9(2)6-12-7-10-4-5-11(14-10)8-13-3/h4-5,9,12H,6-8H2,1-3H3. The summed E-state index contributed by atoms with van der Waals surface area (Å²) >= 11 is 1.82. The highest BCUT2D eigenvalue weighted by atomic mass is 32.1. The number of rotatable bonds is 6. The molecule has 0 bridgehead atoms. The van der Waals surface area contributed by atoms with E-state index in [2.05, 4.69) is 31.3 Å². The first-order valence-corrected chi connectivity index (χ1v) is 5.81. The molecule has 1 heterocycles. The zero-order valence-corrected chi connectivity index (χ0v) is 9.99. The van der Waals surface area contributed by atoms with Crippen molar-refractivity contribution in [3.63, 3.8) is 0 Å². The van der Waals surface area contributed by atoms with Crippen LogP contribution in [-0.2, 0) is 17.9 Å². The summed E-state index contributed by atoms with van der Waals surface area (Å²) in [6.07, 6.45) is 0. The van der Waals surface area contributed by atoms with Gasteiger partial charge in [0.25, 0.3) is 0 Å². The molecule has 0 saturated carbocycles.